The van der Waals surface area contributed by atoms with Crippen LogP contribution >= 0.6 is 0 Å². The molecule has 196 valence electrons. The average molecular weight is 503 g/mol. The van der Waals surface area contributed by atoms with Gasteiger partial charge in [0.1, 0.15) is 5.65 Å². The lowest BCUT2D eigenvalue weighted by atomic mass is 10.1. The van der Waals surface area contributed by atoms with Gasteiger partial charge in [-0.1, -0.05) is 44.7 Å². The monoisotopic (exact) mass is 502 g/mol. The SMILES string of the molecule is C=C(C)C(=O)N1CCN(Cc2ccc(C(C)Nc3ncc4ccc(=O)n(C(C)C(C)C)c4n3)cc2)CC1. The van der Waals surface area contributed by atoms with Crippen molar-refractivity contribution in [3.05, 3.63) is 76.2 Å². The van der Waals surface area contributed by atoms with Gasteiger partial charge in [-0.3, -0.25) is 19.1 Å². The number of nitrogens with zero attached hydrogens (tertiary/aromatic N) is 5. The van der Waals surface area contributed by atoms with Crippen LogP contribution in [0.25, 0.3) is 11.0 Å². The van der Waals surface area contributed by atoms with Crippen molar-refractivity contribution >= 4 is 22.9 Å². The molecule has 0 radical (unpaired) electrons. The molecule has 1 amide bonds. The first-order valence-electron chi connectivity index (χ1n) is 13.0. The highest BCUT2D eigenvalue weighted by Crippen LogP contribution is 2.23. The van der Waals surface area contributed by atoms with Crippen molar-refractivity contribution in [3.63, 3.8) is 0 Å². The minimum absolute atomic E-state index is 0.00499. The number of amides is 1. The van der Waals surface area contributed by atoms with Crippen LogP contribution in [0.5, 0.6) is 0 Å². The number of nitrogens with one attached hydrogen (secondary N) is 1. The Morgan fingerprint density at radius 2 is 1.70 bits per heavy atom. The lowest BCUT2D eigenvalue weighted by Gasteiger charge is -2.34. The highest BCUT2D eigenvalue weighted by atomic mass is 16.2. The molecule has 3 aromatic rings. The Morgan fingerprint density at radius 1 is 1.03 bits per heavy atom. The summed E-state index contributed by atoms with van der Waals surface area (Å²) < 4.78 is 1.76. The first-order chi connectivity index (χ1) is 17.6. The summed E-state index contributed by atoms with van der Waals surface area (Å²) in [5, 5.41) is 4.24. The predicted octanol–water partition coefficient (Wildman–Crippen LogP) is 4.40. The molecule has 1 aromatic carbocycles. The van der Waals surface area contributed by atoms with Crippen molar-refractivity contribution in [2.75, 3.05) is 31.5 Å². The molecule has 8 nitrogen and oxygen atoms in total. The molecule has 2 atom stereocenters. The summed E-state index contributed by atoms with van der Waals surface area (Å²) in [6.45, 7) is 17.9. The lowest BCUT2D eigenvalue weighted by Crippen LogP contribution is -2.48. The van der Waals surface area contributed by atoms with E-state index in [9.17, 15) is 9.59 Å². The molecule has 1 N–H and O–H groups in total. The van der Waals surface area contributed by atoms with Crippen molar-refractivity contribution in [1.82, 2.24) is 24.3 Å². The van der Waals surface area contributed by atoms with Gasteiger partial charge in [0, 0.05) is 62.0 Å². The van der Waals surface area contributed by atoms with Gasteiger partial charge in [0.2, 0.25) is 11.9 Å². The maximum Gasteiger partial charge on any atom is 0.252 e. The third-order valence-corrected chi connectivity index (χ3v) is 7.30. The van der Waals surface area contributed by atoms with Crippen LogP contribution in [0.2, 0.25) is 0 Å². The molecule has 0 saturated carbocycles. The van der Waals surface area contributed by atoms with Gasteiger partial charge < -0.3 is 10.2 Å². The molecule has 2 unspecified atom stereocenters. The zero-order valence-corrected chi connectivity index (χ0v) is 22.6. The Morgan fingerprint density at radius 3 is 2.32 bits per heavy atom. The Kier molecular flexibility index (Phi) is 8.07. The molecule has 3 heterocycles. The second kappa shape index (κ2) is 11.3. The molecule has 2 aromatic heterocycles. The lowest BCUT2D eigenvalue weighted by molar-refractivity contribution is -0.128. The Balaban J connectivity index is 1.41. The first kappa shape index (κ1) is 26.5. The third kappa shape index (κ3) is 6.07. The number of piperazine rings is 1. The Hall–Kier alpha value is -3.52. The minimum Gasteiger partial charge on any atom is -0.348 e. The van der Waals surface area contributed by atoms with Crippen molar-refractivity contribution in [3.8, 4) is 0 Å². The maximum absolute atomic E-state index is 12.6. The van der Waals surface area contributed by atoms with E-state index in [0.29, 0.717) is 23.1 Å². The predicted molar refractivity (Wildman–Crippen MR) is 148 cm³/mol. The van der Waals surface area contributed by atoms with E-state index in [-0.39, 0.29) is 23.6 Å². The molecule has 0 aliphatic carbocycles. The molecule has 1 aliphatic rings. The van der Waals surface area contributed by atoms with E-state index in [1.165, 1.54) is 5.56 Å². The van der Waals surface area contributed by atoms with E-state index >= 15 is 0 Å². The van der Waals surface area contributed by atoms with Crippen molar-refractivity contribution in [2.45, 2.75) is 53.2 Å². The Bertz CT molecular complexity index is 1320. The van der Waals surface area contributed by atoms with Gasteiger partial charge in [-0.05, 0) is 43.9 Å². The number of fused-ring (bicyclic) bond motifs is 1. The van der Waals surface area contributed by atoms with E-state index in [1.54, 1.807) is 29.8 Å². The normalized spacial score (nSPS) is 16.1. The maximum atomic E-state index is 12.6. The summed E-state index contributed by atoms with van der Waals surface area (Å²) in [4.78, 5) is 38.2. The standard InChI is InChI=1S/C29H38N6O2/c1-19(2)22(6)35-26(36)12-11-25-17-30-29(32-27(25)35)31-21(5)24-9-7-23(8-10-24)18-33-13-15-34(16-14-33)28(37)20(3)4/h7-12,17,19,21-22H,3,13-16,18H2,1-2,4-6H3,(H,30,31,32). The second-order valence-corrected chi connectivity index (χ2v) is 10.5. The third-order valence-electron chi connectivity index (χ3n) is 7.30. The molecule has 0 spiro atoms. The number of carbonyl (C=O) groups is 1. The zero-order chi connectivity index (χ0) is 26.7. The fourth-order valence-corrected chi connectivity index (χ4v) is 4.63. The van der Waals surface area contributed by atoms with Gasteiger partial charge in [-0.2, -0.15) is 4.98 Å². The van der Waals surface area contributed by atoms with Crippen molar-refractivity contribution in [1.29, 1.82) is 0 Å². The van der Waals surface area contributed by atoms with Crippen LogP contribution in [0.3, 0.4) is 0 Å². The molecular formula is C29H38N6O2. The molecule has 1 fully saturated rings. The number of rotatable bonds is 8. The highest BCUT2D eigenvalue weighted by molar-refractivity contribution is 5.92. The molecule has 37 heavy (non-hydrogen) atoms. The van der Waals surface area contributed by atoms with Crippen LogP contribution in [0.15, 0.2) is 59.5 Å². The second-order valence-electron chi connectivity index (χ2n) is 10.5. The molecular weight excluding hydrogens is 464 g/mol. The summed E-state index contributed by atoms with van der Waals surface area (Å²) in [6.07, 6.45) is 1.77. The van der Waals surface area contributed by atoms with Gasteiger partial charge in [0.05, 0.1) is 6.04 Å². The van der Waals surface area contributed by atoms with E-state index in [0.717, 1.165) is 43.7 Å². The molecule has 0 bridgehead atoms. The van der Waals surface area contributed by atoms with E-state index < -0.39 is 0 Å². The number of carbonyl (C=O) groups excluding carboxylic acids is 1. The summed E-state index contributed by atoms with van der Waals surface area (Å²) in [6, 6.07) is 12.0. The average Bonchev–Trinajstić information content (AvgIpc) is 2.88. The van der Waals surface area contributed by atoms with Crippen LogP contribution < -0.4 is 10.9 Å². The number of benzene rings is 1. The number of hydrogen-bond acceptors (Lipinski definition) is 6. The van der Waals surface area contributed by atoms with Gasteiger partial charge >= 0.3 is 0 Å². The van der Waals surface area contributed by atoms with Crippen molar-refractivity contribution < 1.29 is 4.79 Å². The van der Waals surface area contributed by atoms with Gasteiger partial charge in [-0.25, -0.2) is 4.98 Å². The molecule has 1 saturated heterocycles. The van der Waals surface area contributed by atoms with E-state index in [2.05, 4.69) is 66.8 Å². The molecule has 4 rings (SSSR count). The van der Waals surface area contributed by atoms with Crippen LogP contribution in [0.1, 0.15) is 57.8 Å². The summed E-state index contributed by atoms with van der Waals surface area (Å²) in [5.74, 6) is 0.856. The minimum atomic E-state index is -0.0502. The van der Waals surface area contributed by atoms with Crippen LogP contribution in [-0.2, 0) is 11.3 Å². The first-order valence-corrected chi connectivity index (χ1v) is 13.0. The fraction of sp³-hybridized carbons (Fsp3) is 0.448. The van der Waals surface area contributed by atoms with Crippen LogP contribution in [0, 0.1) is 5.92 Å². The smallest absolute Gasteiger partial charge is 0.252 e. The molecule has 1 aliphatic heterocycles. The number of hydrogen-bond donors (Lipinski definition) is 1. The topological polar surface area (TPSA) is 83.4 Å². The van der Waals surface area contributed by atoms with Gasteiger partial charge in [0.25, 0.3) is 5.56 Å². The van der Waals surface area contributed by atoms with Crippen LogP contribution in [0.4, 0.5) is 5.95 Å². The Labute approximate surface area is 219 Å². The zero-order valence-electron chi connectivity index (χ0n) is 22.6. The number of pyridine rings is 1. The van der Waals surface area contributed by atoms with Gasteiger partial charge in [0.15, 0.2) is 0 Å². The highest BCUT2D eigenvalue weighted by Gasteiger charge is 2.21. The van der Waals surface area contributed by atoms with E-state index in [4.69, 9.17) is 4.98 Å². The largest absolute Gasteiger partial charge is 0.348 e. The number of aromatic nitrogens is 3. The molecule has 8 heteroatoms. The summed E-state index contributed by atoms with van der Waals surface area (Å²) >= 11 is 0. The quantitative estimate of drug-likeness (QED) is 0.460. The van der Waals surface area contributed by atoms with E-state index in [1.807, 2.05) is 11.8 Å². The summed E-state index contributed by atoms with van der Waals surface area (Å²) in [5.41, 5.74) is 3.57. The summed E-state index contributed by atoms with van der Waals surface area (Å²) in [7, 11) is 0. The van der Waals surface area contributed by atoms with Gasteiger partial charge in [-0.15, -0.1) is 0 Å². The van der Waals surface area contributed by atoms with Crippen LogP contribution in [-0.4, -0.2) is 56.4 Å². The van der Waals surface area contributed by atoms with Crippen molar-refractivity contribution in [2.24, 2.45) is 5.92 Å². The number of anilines is 1. The fourth-order valence-electron chi connectivity index (χ4n) is 4.63.